The first-order valence-electron chi connectivity index (χ1n) is 6.48. The molecule has 0 atom stereocenters. The molecule has 1 saturated carbocycles. The van der Waals surface area contributed by atoms with Crippen molar-refractivity contribution in [2.75, 3.05) is 6.61 Å². The Bertz CT molecular complexity index is 601. The third-order valence-electron chi connectivity index (χ3n) is 3.46. The summed E-state index contributed by atoms with van der Waals surface area (Å²) in [5, 5.41) is 7.20. The lowest BCUT2D eigenvalue weighted by Crippen LogP contribution is -2.33. The minimum Gasteiger partial charge on any atom is -0.378 e. The zero-order chi connectivity index (χ0) is 13.2. The van der Waals surface area contributed by atoms with Crippen molar-refractivity contribution in [1.29, 1.82) is 0 Å². The number of hydrogen-bond donors (Lipinski definition) is 1. The van der Waals surface area contributed by atoms with Crippen LogP contribution in [-0.2, 0) is 4.74 Å². The minimum absolute atomic E-state index is 0.355. The first-order valence-corrected chi connectivity index (χ1v) is 6.89. The molecule has 0 radical (unpaired) electrons. The molecule has 0 spiro atoms. The molecule has 1 aliphatic carbocycles. The van der Waals surface area contributed by atoms with E-state index in [-0.39, 0.29) is 0 Å². The number of aromatic amines is 1. The first-order chi connectivity index (χ1) is 9.29. The molecule has 0 bridgehead atoms. The molecule has 19 heavy (non-hydrogen) atoms. The van der Waals surface area contributed by atoms with E-state index in [4.69, 9.17) is 17.0 Å². The monoisotopic (exact) mass is 276 g/mol. The van der Waals surface area contributed by atoms with E-state index in [1.165, 1.54) is 0 Å². The highest BCUT2D eigenvalue weighted by Crippen LogP contribution is 2.37. The molecule has 5 nitrogen and oxygen atoms in total. The fraction of sp³-hybridized carbons (Fsp3) is 0.462. The number of hydrogen-bond acceptors (Lipinski definition) is 4. The van der Waals surface area contributed by atoms with E-state index < -0.39 is 0 Å². The molecule has 1 fully saturated rings. The van der Waals surface area contributed by atoms with Crippen molar-refractivity contribution in [2.45, 2.75) is 31.9 Å². The topological polar surface area (TPSA) is 55.7 Å². The van der Waals surface area contributed by atoms with Crippen LogP contribution >= 0.6 is 12.2 Å². The number of pyridine rings is 1. The Hall–Kier alpha value is -1.53. The van der Waals surface area contributed by atoms with Crippen LogP contribution < -0.4 is 0 Å². The summed E-state index contributed by atoms with van der Waals surface area (Å²) in [7, 11) is 0. The van der Waals surface area contributed by atoms with Gasteiger partial charge in [0, 0.05) is 30.6 Å². The number of ether oxygens (including phenoxy) is 1. The zero-order valence-electron chi connectivity index (χ0n) is 10.7. The third kappa shape index (κ3) is 2.33. The molecule has 0 amide bonds. The average Bonchev–Trinajstić information content (AvgIpc) is 2.76. The molecule has 1 aliphatic rings. The second-order valence-corrected chi connectivity index (χ2v) is 5.05. The van der Waals surface area contributed by atoms with E-state index in [0.717, 1.165) is 30.8 Å². The number of nitrogens with zero attached hydrogens (tertiary/aromatic N) is 3. The molecule has 3 rings (SSSR count). The third-order valence-corrected chi connectivity index (χ3v) is 3.75. The van der Waals surface area contributed by atoms with Gasteiger partial charge in [0.1, 0.15) is 0 Å². The van der Waals surface area contributed by atoms with Crippen LogP contribution in [0.15, 0.2) is 24.5 Å². The molecular weight excluding hydrogens is 260 g/mol. The lowest BCUT2D eigenvalue weighted by Gasteiger charge is -2.36. The van der Waals surface area contributed by atoms with Crippen LogP contribution in [0.25, 0.3) is 11.4 Å². The van der Waals surface area contributed by atoms with Crippen molar-refractivity contribution in [1.82, 2.24) is 19.7 Å². The summed E-state index contributed by atoms with van der Waals surface area (Å²) in [6.45, 7) is 2.79. The van der Waals surface area contributed by atoms with Crippen LogP contribution in [0.1, 0.15) is 25.8 Å². The maximum absolute atomic E-state index is 5.60. The van der Waals surface area contributed by atoms with Gasteiger partial charge in [-0.1, -0.05) is 0 Å². The van der Waals surface area contributed by atoms with Crippen LogP contribution in [0.2, 0.25) is 0 Å². The summed E-state index contributed by atoms with van der Waals surface area (Å²) < 4.78 is 8.35. The highest BCUT2D eigenvalue weighted by atomic mass is 32.1. The Kier molecular flexibility index (Phi) is 3.44. The second kappa shape index (κ2) is 5.22. The van der Waals surface area contributed by atoms with Crippen molar-refractivity contribution >= 4 is 12.2 Å². The Morgan fingerprint density at radius 3 is 3.05 bits per heavy atom. The molecule has 0 saturated heterocycles. The second-order valence-electron chi connectivity index (χ2n) is 4.67. The van der Waals surface area contributed by atoms with Crippen LogP contribution in [0.3, 0.4) is 0 Å². The molecule has 2 aromatic rings. The maximum Gasteiger partial charge on any atom is 0.195 e. The molecule has 0 aromatic carbocycles. The van der Waals surface area contributed by atoms with Crippen LogP contribution in [0.4, 0.5) is 0 Å². The zero-order valence-corrected chi connectivity index (χ0v) is 11.6. The van der Waals surface area contributed by atoms with E-state index in [1.54, 1.807) is 12.4 Å². The van der Waals surface area contributed by atoms with Crippen LogP contribution in [0.5, 0.6) is 0 Å². The number of H-pyrrole nitrogens is 1. The van der Waals surface area contributed by atoms with Crippen molar-refractivity contribution < 1.29 is 4.74 Å². The van der Waals surface area contributed by atoms with E-state index >= 15 is 0 Å². The summed E-state index contributed by atoms with van der Waals surface area (Å²) in [5.41, 5.74) is 0.981. The molecule has 1 N–H and O–H groups in total. The molecule has 0 aliphatic heterocycles. The summed E-state index contributed by atoms with van der Waals surface area (Å²) >= 11 is 5.34. The fourth-order valence-electron chi connectivity index (χ4n) is 2.46. The molecular formula is C13H16N4OS. The van der Waals surface area contributed by atoms with Gasteiger partial charge < -0.3 is 4.74 Å². The predicted octanol–water partition coefficient (Wildman–Crippen LogP) is 2.74. The Balaban J connectivity index is 1.87. The van der Waals surface area contributed by atoms with Crippen molar-refractivity contribution in [3.05, 3.63) is 29.3 Å². The van der Waals surface area contributed by atoms with E-state index in [9.17, 15) is 0 Å². The van der Waals surface area contributed by atoms with Gasteiger partial charge in [0.05, 0.1) is 6.10 Å². The van der Waals surface area contributed by atoms with E-state index in [2.05, 4.69) is 19.7 Å². The smallest absolute Gasteiger partial charge is 0.195 e. The average molecular weight is 276 g/mol. The Morgan fingerprint density at radius 1 is 1.53 bits per heavy atom. The lowest BCUT2D eigenvalue weighted by molar-refractivity contribution is -0.0196. The van der Waals surface area contributed by atoms with Crippen molar-refractivity contribution in [3.63, 3.8) is 0 Å². The molecule has 6 heteroatoms. The summed E-state index contributed by atoms with van der Waals surface area (Å²) in [4.78, 5) is 4.13. The van der Waals surface area contributed by atoms with Gasteiger partial charge >= 0.3 is 0 Å². The van der Waals surface area contributed by atoms with E-state index in [0.29, 0.717) is 16.9 Å². The largest absolute Gasteiger partial charge is 0.378 e. The highest BCUT2D eigenvalue weighted by molar-refractivity contribution is 7.71. The van der Waals surface area contributed by atoms with Gasteiger partial charge in [-0.05, 0) is 44.1 Å². The molecule has 100 valence electrons. The lowest BCUT2D eigenvalue weighted by atomic mass is 9.89. The summed E-state index contributed by atoms with van der Waals surface area (Å²) in [5.74, 6) is 0.859. The standard InChI is InChI=1S/C13H16N4OS/c1-2-18-11-6-10(7-11)17-12(15-16-13(17)19)9-4-3-5-14-8-9/h3-5,8,10-11H,2,6-7H2,1H3,(H,16,19). The fourth-order valence-corrected chi connectivity index (χ4v) is 2.74. The molecule has 0 unspecified atom stereocenters. The highest BCUT2D eigenvalue weighted by Gasteiger charge is 2.33. The maximum atomic E-state index is 5.60. The van der Waals surface area contributed by atoms with E-state index in [1.807, 2.05) is 19.1 Å². The van der Waals surface area contributed by atoms with Gasteiger partial charge in [-0.3, -0.25) is 14.6 Å². The van der Waals surface area contributed by atoms with Crippen LogP contribution in [-0.4, -0.2) is 32.5 Å². The minimum atomic E-state index is 0.355. The SMILES string of the molecule is CCOC1CC(n2c(-c3cccnc3)n[nH]c2=S)C1. The molecule has 2 aromatic heterocycles. The normalized spacial score (nSPS) is 22.2. The van der Waals surface area contributed by atoms with Gasteiger partial charge in [-0.15, -0.1) is 0 Å². The van der Waals surface area contributed by atoms with Gasteiger partial charge in [-0.25, -0.2) is 0 Å². The van der Waals surface area contributed by atoms with Gasteiger partial charge in [0.25, 0.3) is 0 Å². The first kappa shape index (κ1) is 12.5. The quantitative estimate of drug-likeness (QED) is 0.872. The summed E-state index contributed by atoms with van der Waals surface area (Å²) in [6, 6.07) is 4.27. The molecule has 2 heterocycles. The van der Waals surface area contributed by atoms with Crippen molar-refractivity contribution in [3.8, 4) is 11.4 Å². The summed E-state index contributed by atoms with van der Waals surface area (Å²) in [6.07, 6.45) is 5.90. The van der Waals surface area contributed by atoms with Crippen molar-refractivity contribution in [2.24, 2.45) is 0 Å². The van der Waals surface area contributed by atoms with Gasteiger partial charge in [0.2, 0.25) is 0 Å². The Morgan fingerprint density at radius 2 is 2.37 bits per heavy atom. The van der Waals surface area contributed by atoms with Crippen LogP contribution in [0, 0.1) is 4.77 Å². The predicted molar refractivity (Wildman–Crippen MR) is 74.3 cm³/mol. The van der Waals surface area contributed by atoms with Gasteiger partial charge in [-0.2, -0.15) is 5.10 Å². The number of aromatic nitrogens is 4. The Labute approximate surface area is 116 Å². The van der Waals surface area contributed by atoms with Gasteiger partial charge in [0.15, 0.2) is 10.6 Å². The number of rotatable bonds is 4. The number of nitrogens with one attached hydrogen (secondary N) is 1.